The monoisotopic (exact) mass is 300 g/mol. The molecule has 1 rings (SSSR count). The lowest BCUT2D eigenvalue weighted by atomic mass is 9.87. The minimum atomic E-state index is -0.778. The minimum Gasteiger partial charge on any atom is -0.488 e. The van der Waals surface area contributed by atoms with E-state index in [1.54, 1.807) is 6.92 Å². The van der Waals surface area contributed by atoms with Gasteiger partial charge in [-0.2, -0.15) is 0 Å². The molecule has 0 saturated carbocycles. The molecule has 2 atom stereocenters. The maximum Gasteiger partial charge on any atom is 0.237 e. The second kappa shape index (κ2) is 6.85. The molecule has 118 valence electrons. The third-order valence-electron chi connectivity index (χ3n) is 2.99. The fourth-order valence-corrected chi connectivity index (χ4v) is 1.57. The molecular formula is C15H22F2N2O2. The van der Waals surface area contributed by atoms with Gasteiger partial charge in [0.15, 0.2) is 11.6 Å². The Kier molecular flexibility index (Phi) is 5.66. The first-order valence-corrected chi connectivity index (χ1v) is 6.75. The van der Waals surface area contributed by atoms with Crippen molar-refractivity contribution in [3.05, 3.63) is 29.8 Å². The van der Waals surface area contributed by atoms with Crippen LogP contribution in [0.5, 0.6) is 5.75 Å². The van der Waals surface area contributed by atoms with E-state index in [0.29, 0.717) is 0 Å². The molecule has 0 aliphatic carbocycles. The first-order valence-electron chi connectivity index (χ1n) is 6.75. The van der Waals surface area contributed by atoms with Crippen LogP contribution in [0, 0.1) is 17.0 Å². The van der Waals surface area contributed by atoms with E-state index in [2.05, 4.69) is 5.32 Å². The zero-order valence-corrected chi connectivity index (χ0v) is 12.7. The Bertz CT molecular complexity index is 501. The summed E-state index contributed by atoms with van der Waals surface area (Å²) < 4.78 is 31.4. The van der Waals surface area contributed by atoms with Crippen molar-refractivity contribution < 1.29 is 18.3 Å². The van der Waals surface area contributed by atoms with Crippen LogP contribution in [0.1, 0.15) is 27.7 Å². The van der Waals surface area contributed by atoms with Crippen molar-refractivity contribution in [2.75, 3.05) is 6.61 Å². The lowest BCUT2D eigenvalue weighted by Crippen LogP contribution is -2.51. The Hall–Kier alpha value is -1.69. The Morgan fingerprint density at radius 2 is 2.00 bits per heavy atom. The number of carbonyl (C=O) groups excluding carboxylic acids is 1. The average molecular weight is 300 g/mol. The van der Waals surface area contributed by atoms with Crippen molar-refractivity contribution in [3.63, 3.8) is 0 Å². The second-order valence-electron chi connectivity index (χ2n) is 6.14. The quantitative estimate of drug-likeness (QED) is 0.876. The van der Waals surface area contributed by atoms with E-state index < -0.39 is 17.7 Å². The van der Waals surface area contributed by atoms with Crippen molar-refractivity contribution >= 4 is 5.91 Å². The predicted molar refractivity (Wildman–Crippen MR) is 76.9 cm³/mol. The fourth-order valence-electron chi connectivity index (χ4n) is 1.57. The van der Waals surface area contributed by atoms with Crippen LogP contribution < -0.4 is 15.8 Å². The fraction of sp³-hybridized carbons (Fsp3) is 0.533. The molecular weight excluding hydrogens is 278 g/mol. The van der Waals surface area contributed by atoms with Crippen molar-refractivity contribution in [1.29, 1.82) is 0 Å². The Morgan fingerprint density at radius 1 is 1.38 bits per heavy atom. The zero-order valence-electron chi connectivity index (χ0n) is 12.7. The van der Waals surface area contributed by atoms with Crippen LogP contribution in [-0.2, 0) is 4.79 Å². The molecule has 1 amide bonds. The standard InChI is InChI=1S/C15H22F2N2O2/c1-9(19-14(20)13(18)15(2,3)4)8-21-12-6-5-10(16)7-11(12)17/h5-7,9,13H,8,18H2,1-4H3,(H,19,20)/t9?,13-/m1/s1. The summed E-state index contributed by atoms with van der Waals surface area (Å²) in [6.07, 6.45) is 0. The van der Waals surface area contributed by atoms with Crippen LogP contribution in [-0.4, -0.2) is 24.6 Å². The number of carbonyl (C=O) groups is 1. The molecule has 0 radical (unpaired) electrons. The van der Waals surface area contributed by atoms with Gasteiger partial charge in [0.1, 0.15) is 12.4 Å². The molecule has 0 aliphatic heterocycles. The lowest BCUT2D eigenvalue weighted by Gasteiger charge is -2.27. The van der Waals surface area contributed by atoms with Crippen LogP contribution in [0.4, 0.5) is 8.78 Å². The largest absolute Gasteiger partial charge is 0.488 e. The number of hydrogen-bond donors (Lipinski definition) is 2. The highest BCUT2D eigenvalue weighted by molar-refractivity contribution is 5.82. The van der Waals surface area contributed by atoms with Crippen LogP contribution in [0.3, 0.4) is 0 Å². The van der Waals surface area contributed by atoms with E-state index in [0.717, 1.165) is 12.1 Å². The minimum absolute atomic E-state index is 0.0578. The molecule has 1 aromatic carbocycles. The van der Waals surface area contributed by atoms with E-state index in [1.165, 1.54) is 6.07 Å². The number of amides is 1. The normalized spacial score (nSPS) is 14.4. The van der Waals surface area contributed by atoms with Crippen LogP contribution >= 0.6 is 0 Å². The highest BCUT2D eigenvalue weighted by atomic mass is 19.1. The number of benzene rings is 1. The first-order chi connectivity index (χ1) is 9.61. The van der Waals surface area contributed by atoms with Crippen molar-refractivity contribution in [2.24, 2.45) is 11.1 Å². The number of nitrogens with two attached hydrogens (primary N) is 1. The Morgan fingerprint density at radius 3 is 2.52 bits per heavy atom. The molecule has 1 unspecified atom stereocenters. The van der Waals surface area contributed by atoms with Gasteiger partial charge >= 0.3 is 0 Å². The van der Waals surface area contributed by atoms with Gasteiger partial charge in [0.25, 0.3) is 0 Å². The summed E-state index contributed by atoms with van der Waals surface area (Å²) in [5, 5.41) is 2.70. The molecule has 21 heavy (non-hydrogen) atoms. The molecule has 0 saturated heterocycles. The van der Waals surface area contributed by atoms with Crippen LogP contribution in [0.25, 0.3) is 0 Å². The zero-order chi connectivity index (χ0) is 16.2. The Labute approximate surface area is 123 Å². The maximum absolute atomic E-state index is 13.4. The molecule has 1 aromatic rings. The van der Waals surface area contributed by atoms with Crippen molar-refractivity contribution in [1.82, 2.24) is 5.32 Å². The summed E-state index contributed by atoms with van der Waals surface area (Å²) in [5.74, 6) is -1.80. The number of halogens is 2. The predicted octanol–water partition coefficient (Wildman–Crippen LogP) is 2.22. The second-order valence-corrected chi connectivity index (χ2v) is 6.14. The van der Waals surface area contributed by atoms with Crippen LogP contribution in [0.15, 0.2) is 18.2 Å². The molecule has 4 nitrogen and oxygen atoms in total. The van der Waals surface area contributed by atoms with Gasteiger partial charge in [-0.25, -0.2) is 8.78 Å². The van der Waals surface area contributed by atoms with Crippen molar-refractivity contribution in [2.45, 2.75) is 39.8 Å². The van der Waals surface area contributed by atoms with Gasteiger partial charge in [0.2, 0.25) is 5.91 Å². The molecule has 3 N–H and O–H groups in total. The molecule has 0 aliphatic rings. The van der Waals surface area contributed by atoms with Gasteiger partial charge in [-0.1, -0.05) is 20.8 Å². The highest BCUT2D eigenvalue weighted by Crippen LogP contribution is 2.18. The summed E-state index contributed by atoms with van der Waals surface area (Å²) in [6, 6.07) is 2.06. The topological polar surface area (TPSA) is 64.3 Å². The number of nitrogens with one attached hydrogen (secondary N) is 1. The molecule has 6 heteroatoms. The van der Waals surface area contributed by atoms with Gasteiger partial charge in [-0.15, -0.1) is 0 Å². The molecule has 0 bridgehead atoms. The lowest BCUT2D eigenvalue weighted by molar-refractivity contribution is -0.125. The van der Waals surface area contributed by atoms with E-state index in [-0.39, 0.29) is 29.7 Å². The van der Waals surface area contributed by atoms with Gasteiger partial charge in [0, 0.05) is 6.07 Å². The summed E-state index contributed by atoms with van der Waals surface area (Å²) in [7, 11) is 0. The average Bonchev–Trinajstić information content (AvgIpc) is 2.35. The van der Waals surface area contributed by atoms with Crippen LogP contribution in [0.2, 0.25) is 0 Å². The molecule has 0 spiro atoms. The summed E-state index contributed by atoms with van der Waals surface area (Å²) in [6.45, 7) is 7.38. The van der Waals surface area contributed by atoms with Gasteiger partial charge in [-0.3, -0.25) is 4.79 Å². The summed E-state index contributed by atoms with van der Waals surface area (Å²) in [5.41, 5.74) is 5.48. The van der Waals surface area contributed by atoms with E-state index in [1.807, 2.05) is 20.8 Å². The number of rotatable bonds is 5. The van der Waals surface area contributed by atoms with Gasteiger partial charge in [-0.05, 0) is 24.5 Å². The number of ether oxygens (including phenoxy) is 1. The first kappa shape index (κ1) is 17.4. The highest BCUT2D eigenvalue weighted by Gasteiger charge is 2.28. The maximum atomic E-state index is 13.4. The number of hydrogen-bond acceptors (Lipinski definition) is 3. The van der Waals surface area contributed by atoms with Crippen molar-refractivity contribution in [3.8, 4) is 5.75 Å². The summed E-state index contributed by atoms with van der Waals surface area (Å²) >= 11 is 0. The Balaban J connectivity index is 2.51. The SMILES string of the molecule is CC(COc1ccc(F)cc1F)NC(=O)[C@@H](N)C(C)(C)C. The smallest absolute Gasteiger partial charge is 0.237 e. The molecule has 0 heterocycles. The molecule has 0 aromatic heterocycles. The van der Waals surface area contributed by atoms with Gasteiger partial charge < -0.3 is 15.8 Å². The van der Waals surface area contributed by atoms with E-state index in [9.17, 15) is 13.6 Å². The molecule has 0 fully saturated rings. The summed E-state index contributed by atoms with van der Waals surface area (Å²) in [4.78, 5) is 11.9. The third-order valence-corrected chi connectivity index (χ3v) is 2.99. The third kappa shape index (κ3) is 5.30. The van der Waals surface area contributed by atoms with E-state index >= 15 is 0 Å². The van der Waals surface area contributed by atoms with Gasteiger partial charge in [0.05, 0.1) is 12.1 Å². The van der Waals surface area contributed by atoms with E-state index in [4.69, 9.17) is 10.5 Å².